The molecule has 0 spiro atoms. The molecule has 1 heterocycles. The topological polar surface area (TPSA) is 130 Å². The van der Waals surface area contributed by atoms with Crippen molar-refractivity contribution in [2.75, 3.05) is 33.9 Å². The van der Waals surface area contributed by atoms with E-state index >= 15 is 0 Å². The summed E-state index contributed by atoms with van der Waals surface area (Å²) >= 11 is 1.03. The first kappa shape index (κ1) is 32.1. The Bertz CT molecular complexity index is 1310. The van der Waals surface area contributed by atoms with E-state index < -0.39 is 18.0 Å². The predicted octanol–water partition coefficient (Wildman–Crippen LogP) is 4.09. The molecule has 0 saturated carbocycles. The number of aromatic nitrogens is 1. The van der Waals surface area contributed by atoms with Crippen LogP contribution in [-0.4, -0.2) is 72.7 Å². The number of aromatic hydroxyl groups is 1. The summed E-state index contributed by atoms with van der Waals surface area (Å²) in [5.74, 6) is -0.244. The van der Waals surface area contributed by atoms with Crippen LogP contribution in [0.5, 0.6) is 5.75 Å². The number of carbonyl (C=O) groups is 2. The van der Waals surface area contributed by atoms with Crippen LogP contribution in [0.3, 0.4) is 0 Å². The van der Waals surface area contributed by atoms with Gasteiger partial charge in [0.05, 0.1) is 11.2 Å². The summed E-state index contributed by atoms with van der Waals surface area (Å²) < 4.78 is 16.5. The molecule has 0 fully saturated rings. The molecule has 12 heteroatoms. The minimum Gasteiger partial charge on any atom is -0.506 e. The number of H-pyrrole nitrogens is 1. The molecular formula is C27H36ClN3O7S. The second kappa shape index (κ2) is 14.3. The van der Waals surface area contributed by atoms with Crippen molar-refractivity contribution in [2.45, 2.75) is 45.5 Å². The van der Waals surface area contributed by atoms with Crippen molar-refractivity contribution < 1.29 is 28.9 Å². The Morgan fingerprint density at radius 1 is 1.10 bits per heavy atom. The van der Waals surface area contributed by atoms with E-state index in [9.17, 15) is 19.5 Å². The normalized spacial score (nSPS) is 11.3. The fourth-order valence-electron chi connectivity index (χ4n) is 3.82. The minimum absolute atomic E-state index is 0. The SMILES string of the molecule is COC(CNC(=O)c1cccc(CCN(CCc2ccc(O)c3[nH]c(=O)sc23)C(=O)OC(C)(C)C)c1)OC.Cl. The molecule has 1 aromatic heterocycles. The van der Waals surface area contributed by atoms with E-state index in [1.165, 1.54) is 20.3 Å². The van der Waals surface area contributed by atoms with Gasteiger partial charge in [0, 0.05) is 32.9 Å². The van der Waals surface area contributed by atoms with Crippen LogP contribution < -0.4 is 10.2 Å². The number of hydrogen-bond acceptors (Lipinski definition) is 8. The van der Waals surface area contributed by atoms with Gasteiger partial charge in [0.1, 0.15) is 16.9 Å². The summed E-state index contributed by atoms with van der Waals surface area (Å²) in [6.07, 6.45) is -0.0194. The third-order valence-corrected chi connectivity index (χ3v) is 6.71. The lowest BCUT2D eigenvalue weighted by Crippen LogP contribution is -2.39. The van der Waals surface area contributed by atoms with Crippen molar-refractivity contribution in [1.82, 2.24) is 15.2 Å². The molecule has 3 aromatic rings. The summed E-state index contributed by atoms with van der Waals surface area (Å²) in [5, 5.41) is 12.9. The molecule has 2 amide bonds. The average molecular weight is 582 g/mol. The predicted molar refractivity (Wildman–Crippen MR) is 153 cm³/mol. The summed E-state index contributed by atoms with van der Waals surface area (Å²) in [4.78, 5) is 41.5. The van der Waals surface area contributed by atoms with Crippen molar-refractivity contribution in [1.29, 1.82) is 0 Å². The zero-order valence-corrected chi connectivity index (χ0v) is 24.4. The van der Waals surface area contributed by atoms with Gasteiger partial charge in [0.2, 0.25) is 0 Å². The van der Waals surface area contributed by atoms with Gasteiger partial charge in [-0.3, -0.25) is 9.59 Å². The number of thiazole rings is 1. The number of nitrogens with zero attached hydrogens (tertiary/aromatic N) is 1. The number of hydrogen-bond donors (Lipinski definition) is 3. The lowest BCUT2D eigenvalue weighted by atomic mass is 10.1. The fraction of sp³-hybridized carbons (Fsp3) is 0.444. The average Bonchev–Trinajstić information content (AvgIpc) is 3.27. The molecule has 39 heavy (non-hydrogen) atoms. The molecule has 0 aliphatic rings. The van der Waals surface area contributed by atoms with E-state index in [-0.39, 0.29) is 35.5 Å². The number of nitrogens with one attached hydrogen (secondary N) is 2. The third-order valence-electron chi connectivity index (χ3n) is 5.76. The summed E-state index contributed by atoms with van der Waals surface area (Å²) in [7, 11) is 3.00. The van der Waals surface area contributed by atoms with Crippen LogP contribution in [0.1, 0.15) is 42.3 Å². The van der Waals surface area contributed by atoms with Gasteiger partial charge in [0.25, 0.3) is 5.91 Å². The zero-order chi connectivity index (χ0) is 27.9. The van der Waals surface area contributed by atoms with E-state index in [2.05, 4.69) is 10.3 Å². The minimum atomic E-state index is -0.665. The molecular weight excluding hydrogens is 546 g/mol. The van der Waals surface area contributed by atoms with Gasteiger partial charge in [-0.1, -0.05) is 29.5 Å². The number of rotatable bonds is 11. The molecule has 3 N–H and O–H groups in total. The molecule has 214 valence electrons. The van der Waals surface area contributed by atoms with Crippen molar-refractivity contribution in [3.05, 3.63) is 62.8 Å². The molecule has 0 atom stereocenters. The third kappa shape index (κ3) is 9.24. The summed E-state index contributed by atoms with van der Waals surface area (Å²) in [6, 6.07) is 10.5. The monoisotopic (exact) mass is 581 g/mol. The zero-order valence-electron chi connectivity index (χ0n) is 22.7. The van der Waals surface area contributed by atoms with Gasteiger partial charge in [-0.15, -0.1) is 12.4 Å². The van der Waals surface area contributed by atoms with Gasteiger partial charge in [-0.05, 0) is 62.9 Å². The lowest BCUT2D eigenvalue weighted by Gasteiger charge is -2.27. The molecule has 0 radical (unpaired) electrons. The maximum Gasteiger partial charge on any atom is 0.410 e. The van der Waals surface area contributed by atoms with E-state index in [1.807, 2.05) is 26.8 Å². The van der Waals surface area contributed by atoms with Crippen LogP contribution in [0.25, 0.3) is 10.2 Å². The van der Waals surface area contributed by atoms with Gasteiger partial charge >= 0.3 is 11.0 Å². The van der Waals surface area contributed by atoms with Crippen molar-refractivity contribution >= 4 is 46.0 Å². The molecule has 10 nitrogen and oxygen atoms in total. The highest BCUT2D eigenvalue weighted by atomic mass is 35.5. The number of fused-ring (bicyclic) bond motifs is 1. The van der Waals surface area contributed by atoms with E-state index in [4.69, 9.17) is 14.2 Å². The Hall–Kier alpha value is -3.12. The molecule has 0 aliphatic heterocycles. The maximum absolute atomic E-state index is 13.0. The highest BCUT2D eigenvalue weighted by Gasteiger charge is 2.23. The fourth-order valence-corrected chi connectivity index (χ4v) is 4.72. The summed E-state index contributed by atoms with van der Waals surface area (Å²) in [6.45, 7) is 6.34. The number of ether oxygens (including phenoxy) is 3. The Labute approximate surface area is 237 Å². The van der Waals surface area contributed by atoms with E-state index in [0.29, 0.717) is 41.7 Å². The van der Waals surface area contributed by atoms with E-state index in [1.54, 1.807) is 29.2 Å². The first-order valence-electron chi connectivity index (χ1n) is 12.2. The first-order chi connectivity index (χ1) is 18.0. The second-order valence-corrected chi connectivity index (χ2v) is 10.7. The molecule has 0 unspecified atom stereocenters. The highest BCUT2D eigenvalue weighted by Crippen LogP contribution is 2.28. The standard InChI is InChI=1S/C27H35N3O7S.ClH/c1-27(2,3)37-26(34)30(14-12-18-9-10-20(31)22-23(18)38-25(33)29-22)13-11-17-7-6-8-19(15-17)24(32)28-16-21(35-4)36-5;/h6-10,15,21,31H,11-14,16H2,1-5H3,(H,28,32)(H,29,33);1H. The van der Waals surface area contributed by atoms with Gasteiger partial charge in [-0.25, -0.2) is 4.79 Å². The molecule has 0 bridgehead atoms. The van der Waals surface area contributed by atoms with Crippen LogP contribution in [0, 0.1) is 0 Å². The number of phenolic OH excluding ortho intramolecular Hbond substituents is 1. The number of carbonyl (C=O) groups excluding carboxylic acids is 2. The summed E-state index contributed by atoms with van der Waals surface area (Å²) in [5.41, 5.74) is 1.96. The van der Waals surface area contributed by atoms with Crippen LogP contribution in [0.15, 0.2) is 41.2 Å². The quantitative estimate of drug-likeness (QED) is 0.291. The Kier molecular flexibility index (Phi) is 11.8. The van der Waals surface area contributed by atoms with Crippen molar-refractivity contribution in [2.24, 2.45) is 0 Å². The van der Waals surface area contributed by atoms with Crippen molar-refractivity contribution in [3.63, 3.8) is 0 Å². The second-order valence-electron chi connectivity index (χ2n) is 9.74. The van der Waals surface area contributed by atoms with Gasteiger partial charge in [-0.2, -0.15) is 0 Å². The van der Waals surface area contributed by atoms with Crippen molar-refractivity contribution in [3.8, 4) is 5.75 Å². The Morgan fingerprint density at radius 2 is 1.79 bits per heavy atom. The Balaban J connectivity index is 0.00000533. The molecule has 0 saturated heterocycles. The molecule has 0 aliphatic carbocycles. The van der Waals surface area contributed by atoms with Crippen LogP contribution in [0.2, 0.25) is 0 Å². The van der Waals surface area contributed by atoms with Crippen LogP contribution in [-0.2, 0) is 27.1 Å². The van der Waals surface area contributed by atoms with Gasteiger partial charge in [0.15, 0.2) is 6.29 Å². The maximum atomic E-state index is 13.0. The number of benzene rings is 2. The lowest BCUT2D eigenvalue weighted by molar-refractivity contribution is -0.0974. The number of amides is 2. The number of aromatic amines is 1. The number of halogens is 1. The molecule has 2 aromatic carbocycles. The van der Waals surface area contributed by atoms with Crippen LogP contribution in [0.4, 0.5) is 4.79 Å². The number of phenols is 1. The van der Waals surface area contributed by atoms with E-state index in [0.717, 1.165) is 22.5 Å². The molecule has 3 rings (SSSR count). The smallest absolute Gasteiger partial charge is 0.410 e. The Morgan fingerprint density at radius 3 is 2.46 bits per heavy atom. The number of methoxy groups -OCH3 is 2. The largest absolute Gasteiger partial charge is 0.506 e. The van der Waals surface area contributed by atoms with Gasteiger partial charge < -0.3 is 34.5 Å². The first-order valence-corrected chi connectivity index (χ1v) is 13.1. The highest BCUT2D eigenvalue weighted by molar-refractivity contribution is 7.16. The van der Waals surface area contributed by atoms with Crippen LogP contribution >= 0.6 is 23.7 Å².